The number of benzene rings is 2. The highest BCUT2D eigenvalue weighted by atomic mass is 32.2. The standard InChI is InChI=1S/C16H18N2O4S/c1-4-17(16-11-12(2)5-6-13(16)3)23(21,22)15-9-7-14(8-10-15)18(19)20/h5-11H,4H2,1-3H3. The van der Waals surface area contributed by atoms with E-state index in [4.69, 9.17) is 0 Å². The summed E-state index contributed by atoms with van der Waals surface area (Å²) < 4.78 is 27.0. The summed E-state index contributed by atoms with van der Waals surface area (Å²) in [5, 5.41) is 10.7. The molecule has 2 aromatic carbocycles. The molecule has 0 fully saturated rings. The van der Waals surface area contributed by atoms with Gasteiger partial charge in [0.05, 0.1) is 15.5 Å². The summed E-state index contributed by atoms with van der Waals surface area (Å²) in [6.07, 6.45) is 0. The van der Waals surface area contributed by atoms with Crippen molar-refractivity contribution in [3.63, 3.8) is 0 Å². The SMILES string of the molecule is CCN(c1cc(C)ccc1C)S(=O)(=O)c1ccc([N+](=O)[O-])cc1. The van der Waals surface area contributed by atoms with Crippen molar-refractivity contribution >= 4 is 21.4 Å². The van der Waals surface area contributed by atoms with E-state index in [1.807, 2.05) is 32.0 Å². The van der Waals surface area contributed by atoms with E-state index >= 15 is 0 Å². The van der Waals surface area contributed by atoms with Gasteiger partial charge in [-0.05, 0) is 50.1 Å². The minimum Gasteiger partial charge on any atom is -0.266 e. The molecule has 23 heavy (non-hydrogen) atoms. The number of nitro benzene ring substituents is 1. The number of nitrogens with zero attached hydrogens (tertiary/aromatic N) is 2. The van der Waals surface area contributed by atoms with Crippen LogP contribution in [0.15, 0.2) is 47.4 Å². The third-order valence-corrected chi connectivity index (χ3v) is 5.46. The molecule has 0 aliphatic heterocycles. The fourth-order valence-corrected chi connectivity index (χ4v) is 3.86. The number of hydrogen-bond acceptors (Lipinski definition) is 4. The van der Waals surface area contributed by atoms with Crippen LogP contribution in [-0.4, -0.2) is 19.9 Å². The number of anilines is 1. The summed E-state index contributed by atoms with van der Waals surface area (Å²) in [4.78, 5) is 10.2. The molecule has 0 bridgehead atoms. The zero-order valence-corrected chi connectivity index (χ0v) is 14.0. The molecule has 7 heteroatoms. The van der Waals surface area contributed by atoms with Crippen LogP contribution in [-0.2, 0) is 10.0 Å². The second-order valence-electron chi connectivity index (χ2n) is 5.21. The van der Waals surface area contributed by atoms with Crippen LogP contribution in [0.5, 0.6) is 0 Å². The lowest BCUT2D eigenvalue weighted by atomic mass is 10.1. The quantitative estimate of drug-likeness (QED) is 0.620. The number of rotatable bonds is 5. The molecule has 0 spiro atoms. The fourth-order valence-electron chi connectivity index (χ4n) is 2.32. The van der Waals surface area contributed by atoms with Gasteiger partial charge in [-0.1, -0.05) is 12.1 Å². The van der Waals surface area contributed by atoms with Gasteiger partial charge in [0.25, 0.3) is 15.7 Å². The predicted molar refractivity (Wildman–Crippen MR) is 89.2 cm³/mol. The van der Waals surface area contributed by atoms with E-state index in [-0.39, 0.29) is 17.1 Å². The van der Waals surface area contributed by atoms with Gasteiger partial charge in [0.15, 0.2) is 0 Å². The molecule has 0 unspecified atom stereocenters. The number of non-ortho nitro benzene ring substituents is 1. The Kier molecular flexibility index (Phi) is 4.70. The van der Waals surface area contributed by atoms with E-state index in [0.29, 0.717) is 5.69 Å². The second-order valence-corrected chi connectivity index (χ2v) is 7.07. The maximum Gasteiger partial charge on any atom is 0.269 e. The Hall–Kier alpha value is -2.41. The molecule has 0 amide bonds. The molecular weight excluding hydrogens is 316 g/mol. The van der Waals surface area contributed by atoms with E-state index < -0.39 is 14.9 Å². The molecule has 0 N–H and O–H groups in total. The molecule has 0 radical (unpaired) electrons. The van der Waals surface area contributed by atoms with Crippen molar-refractivity contribution in [1.82, 2.24) is 0 Å². The molecule has 0 aliphatic carbocycles. The molecule has 0 heterocycles. The summed E-state index contributed by atoms with van der Waals surface area (Å²) >= 11 is 0. The van der Waals surface area contributed by atoms with Gasteiger partial charge in [0, 0.05) is 18.7 Å². The lowest BCUT2D eigenvalue weighted by Crippen LogP contribution is -2.31. The van der Waals surface area contributed by atoms with Crippen molar-refractivity contribution in [2.45, 2.75) is 25.7 Å². The van der Waals surface area contributed by atoms with Crippen molar-refractivity contribution in [1.29, 1.82) is 0 Å². The van der Waals surface area contributed by atoms with E-state index in [0.717, 1.165) is 11.1 Å². The minimum absolute atomic E-state index is 0.0332. The topological polar surface area (TPSA) is 80.5 Å². The Morgan fingerprint density at radius 2 is 1.70 bits per heavy atom. The smallest absolute Gasteiger partial charge is 0.266 e. The highest BCUT2D eigenvalue weighted by Crippen LogP contribution is 2.28. The third-order valence-electron chi connectivity index (χ3n) is 3.56. The van der Waals surface area contributed by atoms with Crippen LogP contribution in [0.25, 0.3) is 0 Å². The number of hydrogen-bond donors (Lipinski definition) is 0. The van der Waals surface area contributed by atoms with Crippen LogP contribution >= 0.6 is 0 Å². The summed E-state index contributed by atoms with van der Waals surface area (Å²) in [5.41, 5.74) is 2.29. The van der Waals surface area contributed by atoms with Crippen LogP contribution in [0.2, 0.25) is 0 Å². The number of sulfonamides is 1. The molecule has 122 valence electrons. The Bertz CT molecular complexity index is 830. The first-order valence-corrected chi connectivity index (χ1v) is 8.56. The zero-order valence-electron chi connectivity index (χ0n) is 13.2. The lowest BCUT2D eigenvalue weighted by molar-refractivity contribution is -0.384. The van der Waals surface area contributed by atoms with Gasteiger partial charge in [-0.3, -0.25) is 14.4 Å². The Labute approximate surface area is 135 Å². The summed E-state index contributed by atoms with van der Waals surface area (Å²) in [6, 6.07) is 10.5. The Balaban J connectivity index is 2.51. The van der Waals surface area contributed by atoms with Gasteiger partial charge >= 0.3 is 0 Å². The van der Waals surface area contributed by atoms with E-state index in [1.165, 1.54) is 28.6 Å². The minimum atomic E-state index is -3.78. The summed E-state index contributed by atoms with van der Waals surface area (Å²) in [6.45, 7) is 5.77. The van der Waals surface area contributed by atoms with Gasteiger partial charge in [-0.2, -0.15) is 0 Å². The van der Waals surface area contributed by atoms with Crippen molar-refractivity contribution in [3.8, 4) is 0 Å². The van der Waals surface area contributed by atoms with Gasteiger partial charge in [-0.15, -0.1) is 0 Å². The molecule has 0 saturated carbocycles. The van der Waals surface area contributed by atoms with Gasteiger partial charge in [0.2, 0.25) is 0 Å². The Morgan fingerprint density at radius 3 is 2.22 bits per heavy atom. The van der Waals surface area contributed by atoms with Crippen molar-refractivity contribution in [2.24, 2.45) is 0 Å². The van der Waals surface area contributed by atoms with Crippen molar-refractivity contribution < 1.29 is 13.3 Å². The molecule has 0 aromatic heterocycles. The van der Waals surface area contributed by atoms with Crippen LogP contribution in [0, 0.1) is 24.0 Å². The largest absolute Gasteiger partial charge is 0.269 e. The maximum atomic E-state index is 12.9. The van der Waals surface area contributed by atoms with Crippen molar-refractivity contribution in [3.05, 3.63) is 63.7 Å². The molecule has 0 atom stereocenters. The van der Waals surface area contributed by atoms with Crippen LogP contribution in [0.3, 0.4) is 0 Å². The van der Waals surface area contributed by atoms with Gasteiger partial charge < -0.3 is 0 Å². The molecule has 0 aliphatic rings. The van der Waals surface area contributed by atoms with Gasteiger partial charge in [0.1, 0.15) is 0 Å². The molecule has 2 rings (SSSR count). The van der Waals surface area contributed by atoms with Crippen LogP contribution in [0.4, 0.5) is 11.4 Å². The average molecular weight is 334 g/mol. The average Bonchev–Trinajstić information content (AvgIpc) is 2.51. The summed E-state index contributed by atoms with van der Waals surface area (Å²) in [5.74, 6) is 0. The second kappa shape index (κ2) is 6.37. The first-order chi connectivity index (χ1) is 10.8. The normalized spacial score (nSPS) is 11.3. The maximum absolute atomic E-state index is 12.9. The van der Waals surface area contributed by atoms with E-state index in [9.17, 15) is 18.5 Å². The molecule has 2 aromatic rings. The highest BCUT2D eigenvalue weighted by Gasteiger charge is 2.25. The van der Waals surface area contributed by atoms with Crippen LogP contribution in [0.1, 0.15) is 18.1 Å². The molecular formula is C16H18N2O4S. The first kappa shape index (κ1) is 17.0. The van der Waals surface area contributed by atoms with E-state index in [1.54, 1.807) is 6.92 Å². The monoisotopic (exact) mass is 334 g/mol. The zero-order chi connectivity index (χ0) is 17.2. The fraction of sp³-hybridized carbons (Fsp3) is 0.250. The lowest BCUT2D eigenvalue weighted by Gasteiger charge is -2.25. The first-order valence-electron chi connectivity index (χ1n) is 7.12. The highest BCUT2D eigenvalue weighted by molar-refractivity contribution is 7.92. The Morgan fingerprint density at radius 1 is 1.09 bits per heavy atom. The van der Waals surface area contributed by atoms with Crippen molar-refractivity contribution in [2.75, 3.05) is 10.8 Å². The summed E-state index contributed by atoms with van der Waals surface area (Å²) in [7, 11) is -3.78. The van der Waals surface area contributed by atoms with Gasteiger partial charge in [-0.25, -0.2) is 8.42 Å². The molecule has 0 saturated heterocycles. The van der Waals surface area contributed by atoms with Crippen LogP contribution < -0.4 is 4.31 Å². The third kappa shape index (κ3) is 3.34. The predicted octanol–water partition coefficient (Wildman–Crippen LogP) is 3.43. The van der Waals surface area contributed by atoms with E-state index in [2.05, 4.69) is 0 Å². The molecule has 6 nitrogen and oxygen atoms in total. The number of aryl methyl sites for hydroxylation is 2. The number of nitro groups is 1.